The van der Waals surface area contributed by atoms with Gasteiger partial charge in [-0.25, -0.2) is 0 Å². The third kappa shape index (κ3) is 6.59. The third-order valence-electron chi connectivity index (χ3n) is 4.72. The summed E-state index contributed by atoms with van der Waals surface area (Å²) in [4.78, 5) is 6.93. The second kappa shape index (κ2) is 11.7. The Labute approximate surface area is 164 Å². The molecule has 3 N–H and O–H groups in total. The number of aliphatic imine (C=N–C) groups is 1. The molecular weight excluding hydrogens is 411 g/mol. The molecule has 1 aliphatic carbocycles. The molecule has 0 radical (unpaired) electrons. The molecular formula is C19H33IN4. The summed E-state index contributed by atoms with van der Waals surface area (Å²) in [5.41, 5.74) is 10.1. The molecule has 2 rings (SSSR count). The zero-order valence-electron chi connectivity index (χ0n) is 15.2. The Hall–Kier alpha value is -0.820. The molecule has 0 fully saturated rings. The van der Waals surface area contributed by atoms with Crippen LogP contribution in [0.15, 0.2) is 23.2 Å². The summed E-state index contributed by atoms with van der Waals surface area (Å²) in [6.07, 6.45) is 7.18. The minimum absolute atomic E-state index is 0. The highest BCUT2D eigenvalue weighted by molar-refractivity contribution is 14.0. The van der Waals surface area contributed by atoms with E-state index in [4.69, 9.17) is 5.73 Å². The number of rotatable bonds is 8. The van der Waals surface area contributed by atoms with Gasteiger partial charge in [0, 0.05) is 12.2 Å². The van der Waals surface area contributed by atoms with Crippen molar-refractivity contribution in [2.24, 2.45) is 10.7 Å². The normalized spacial score (nSPS) is 14.2. The van der Waals surface area contributed by atoms with Gasteiger partial charge in [-0.05, 0) is 75.4 Å². The fourth-order valence-corrected chi connectivity index (χ4v) is 3.26. The van der Waals surface area contributed by atoms with Crippen molar-refractivity contribution >= 4 is 35.6 Å². The van der Waals surface area contributed by atoms with Crippen molar-refractivity contribution in [2.75, 3.05) is 31.5 Å². The Balaban J connectivity index is 0.00000288. The molecule has 0 saturated carbocycles. The van der Waals surface area contributed by atoms with E-state index in [1.807, 2.05) is 0 Å². The van der Waals surface area contributed by atoms with Crippen molar-refractivity contribution in [1.82, 2.24) is 4.90 Å². The number of hydrogen-bond donors (Lipinski definition) is 2. The Kier molecular flexibility index (Phi) is 10.3. The monoisotopic (exact) mass is 444 g/mol. The third-order valence-corrected chi connectivity index (χ3v) is 4.72. The van der Waals surface area contributed by atoms with Gasteiger partial charge < -0.3 is 16.0 Å². The number of anilines is 1. The first-order valence-electron chi connectivity index (χ1n) is 9.14. The van der Waals surface area contributed by atoms with Gasteiger partial charge >= 0.3 is 0 Å². The topological polar surface area (TPSA) is 53.6 Å². The van der Waals surface area contributed by atoms with E-state index in [-0.39, 0.29) is 24.0 Å². The van der Waals surface area contributed by atoms with Gasteiger partial charge in [0.15, 0.2) is 5.96 Å². The molecule has 0 unspecified atom stereocenters. The van der Waals surface area contributed by atoms with Crippen LogP contribution >= 0.6 is 24.0 Å². The van der Waals surface area contributed by atoms with E-state index in [0.717, 1.165) is 44.7 Å². The molecule has 0 heterocycles. The number of nitrogens with two attached hydrogens (primary N) is 1. The number of unbranched alkanes of at least 4 members (excludes halogenated alkanes) is 1. The summed E-state index contributed by atoms with van der Waals surface area (Å²) in [5, 5.41) is 3.31. The fourth-order valence-electron chi connectivity index (χ4n) is 3.26. The molecule has 136 valence electrons. The SMILES string of the molecule is CCN(CC)CCCCN=C(N)Nc1cccc2c1CCCC2.I. The van der Waals surface area contributed by atoms with Gasteiger partial charge in [-0.3, -0.25) is 4.99 Å². The van der Waals surface area contributed by atoms with Crippen molar-refractivity contribution in [3.8, 4) is 0 Å². The quantitative estimate of drug-likeness (QED) is 0.276. The first-order valence-corrected chi connectivity index (χ1v) is 9.14. The highest BCUT2D eigenvalue weighted by Crippen LogP contribution is 2.27. The zero-order chi connectivity index (χ0) is 16.5. The highest BCUT2D eigenvalue weighted by atomic mass is 127. The smallest absolute Gasteiger partial charge is 0.193 e. The lowest BCUT2D eigenvalue weighted by molar-refractivity contribution is 0.298. The van der Waals surface area contributed by atoms with Crippen molar-refractivity contribution in [3.63, 3.8) is 0 Å². The first kappa shape index (κ1) is 21.2. The van der Waals surface area contributed by atoms with Crippen molar-refractivity contribution < 1.29 is 0 Å². The predicted octanol–water partition coefficient (Wildman–Crippen LogP) is 4.03. The van der Waals surface area contributed by atoms with Crippen LogP contribution in [0.25, 0.3) is 0 Å². The molecule has 0 atom stereocenters. The number of nitrogens with one attached hydrogen (secondary N) is 1. The van der Waals surface area contributed by atoms with E-state index in [9.17, 15) is 0 Å². The number of hydrogen-bond acceptors (Lipinski definition) is 2. The lowest BCUT2D eigenvalue weighted by atomic mass is 9.90. The van der Waals surface area contributed by atoms with Crippen LogP contribution in [-0.2, 0) is 12.8 Å². The van der Waals surface area contributed by atoms with Gasteiger partial charge in [0.2, 0.25) is 0 Å². The molecule has 0 aromatic heterocycles. The molecule has 0 aliphatic heterocycles. The molecule has 1 aromatic rings. The van der Waals surface area contributed by atoms with E-state index in [1.165, 1.54) is 36.8 Å². The molecule has 0 bridgehead atoms. The molecule has 5 heteroatoms. The van der Waals surface area contributed by atoms with Crippen LogP contribution in [0.1, 0.15) is 50.7 Å². The summed E-state index contributed by atoms with van der Waals surface area (Å²) in [6.45, 7) is 8.64. The van der Waals surface area contributed by atoms with Crippen LogP contribution in [0, 0.1) is 0 Å². The van der Waals surface area contributed by atoms with Gasteiger partial charge in [0.05, 0.1) is 0 Å². The van der Waals surface area contributed by atoms with Gasteiger partial charge in [-0.1, -0.05) is 26.0 Å². The Morgan fingerprint density at radius 2 is 1.92 bits per heavy atom. The molecule has 1 aromatic carbocycles. The minimum atomic E-state index is 0. The second-order valence-corrected chi connectivity index (χ2v) is 6.28. The lowest BCUT2D eigenvalue weighted by Gasteiger charge is -2.20. The minimum Gasteiger partial charge on any atom is -0.370 e. The van der Waals surface area contributed by atoms with Crippen LogP contribution in [0.3, 0.4) is 0 Å². The Bertz CT molecular complexity index is 512. The Morgan fingerprint density at radius 3 is 2.67 bits per heavy atom. The van der Waals surface area contributed by atoms with Crippen LogP contribution in [0.5, 0.6) is 0 Å². The molecule has 1 aliphatic rings. The van der Waals surface area contributed by atoms with E-state index >= 15 is 0 Å². The molecule has 0 amide bonds. The van der Waals surface area contributed by atoms with Crippen molar-refractivity contribution in [1.29, 1.82) is 0 Å². The van der Waals surface area contributed by atoms with Crippen molar-refractivity contribution in [2.45, 2.75) is 52.4 Å². The standard InChI is InChI=1S/C19H32N4.HI/c1-3-23(4-2)15-8-7-14-21-19(20)22-18-13-9-11-16-10-5-6-12-17(16)18;/h9,11,13H,3-8,10,12,14-15H2,1-2H3,(H3,20,21,22);1H. The number of guanidine groups is 1. The van der Waals surface area contributed by atoms with Gasteiger partial charge in [0.1, 0.15) is 0 Å². The molecule has 0 spiro atoms. The summed E-state index contributed by atoms with van der Waals surface area (Å²) in [5.74, 6) is 0.548. The largest absolute Gasteiger partial charge is 0.370 e. The maximum Gasteiger partial charge on any atom is 0.193 e. The first-order chi connectivity index (χ1) is 11.2. The molecule has 24 heavy (non-hydrogen) atoms. The molecule has 0 saturated heterocycles. The summed E-state index contributed by atoms with van der Waals surface area (Å²) in [6, 6.07) is 6.47. The number of nitrogens with zero attached hydrogens (tertiary/aromatic N) is 2. The van der Waals surface area contributed by atoms with Crippen LogP contribution in [0.2, 0.25) is 0 Å². The number of fused-ring (bicyclic) bond motifs is 1. The molecule has 4 nitrogen and oxygen atoms in total. The van der Waals surface area contributed by atoms with E-state index in [1.54, 1.807) is 0 Å². The van der Waals surface area contributed by atoms with Gasteiger partial charge in [-0.2, -0.15) is 0 Å². The number of aryl methyl sites for hydroxylation is 1. The second-order valence-electron chi connectivity index (χ2n) is 6.28. The summed E-state index contributed by atoms with van der Waals surface area (Å²) < 4.78 is 0. The maximum atomic E-state index is 6.06. The summed E-state index contributed by atoms with van der Waals surface area (Å²) >= 11 is 0. The summed E-state index contributed by atoms with van der Waals surface area (Å²) in [7, 11) is 0. The van der Waals surface area contributed by atoms with E-state index in [0.29, 0.717) is 5.96 Å². The number of benzene rings is 1. The van der Waals surface area contributed by atoms with Gasteiger partial charge in [0.25, 0.3) is 0 Å². The predicted molar refractivity (Wildman–Crippen MR) is 116 cm³/mol. The van der Waals surface area contributed by atoms with Crippen LogP contribution in [-0.4, -0.2) is 37.0 Å². The average Bonchev–Trinajstić information content (AvgIpc) is 2.58. The van der Waals surface area contributed by atoms with Crippen LogP contribution in [0.4, 0.5) is 5.69 Å². The highest BCUT2D eigenvalue weighted by Gasteiger charge is 2.12. The van der Waals surface area contributed by atoms with Crippen molar-refractivity contribution in [3.05, 3.63) is 29.3 Å². The van der Waals surface area contributed by atoms with Gasteiger partial charge in [-0.15, -0.1) is 24.0 Å². The zero-order valence-corrected chi connectivity index (χ0v) is 17.5. The maximum absolute atomic E-state index is 6.06. The fraction of sp³-hybridized carbons (Fsp3) is 0.632. The number of halogens is 1. The van der Waals surface area contributed by atoms with E-state index in [2.05, 4.69) is 47.3 Å². The van der Waals surface area contributed by atoms with E-state index < -0.39 is 0 Å². The average molecular weight is 444 g/mol. The van der Waals surface area contributed by atoms with Crippen LogP contribution < -0.4 is 11.1 Å². The lowest BCUT2D eigenvalue weighted by Crippen LogP contribution is -2.25. The Morgan fingerprint density at radius 1 is 1.17 bits per heavy atom.